The number of carbonyl (C=O) groups excluding carboxylic acids is 1. The summed E-state index contributed by atoms with van der Waals surface area (Å²) < 4.78 is 0.624. The lowest BCUT2D eigenvalue weighted by atomic mass is 10.2. The van der Waals surface area contributed by atoms with Crippen molar-refractivity contribution in [1.29, 1.82) is 0 Å². The Bertz CT molecular complexity index is 338. The molecule has 1 aromatic heterocycles. The Morgan fingerprint density at radius 1 is 1.53 bits per heavy atom. The molecule has 0 spiro atoms. The van der Waals surface area contributed by atoms with Crippen molar-refractivity contribution in [1.82, 2.24) is 5.32 Å². The van der Waals surface area contributed by atoms with Gasteiger partial charge in [-0.15, -0.1) is 22.9 Å². The average molecular weight is 266 g/mol. The highest BCUT2D eigenvalue weighted by Crippen LogP contribution is 2.21. The molecule has 0 aliphatic heterocycles. The monoisotopic (exact) mass is 265 g/mol. The normalized spacial score (nSPS) is 14.7. The highest BCUT2D eigenvalue weighted by atomic mass is 35.5. The number of halogens is 2. The smallest absolute Gasteiger partial charge is 0.261 e. The van der Waals surface area contributed by atoms with Gasteiger partial charge in [0, 0.05) is 11.4 Å². The molecule has 2 unspecified atom stereocenters. The van der Waals surface area contributed by atoms with Crippen LogP contribution in [-0.4, -0.2) is 17.3 Å². The first-order chi connectivity index (χ1) is 6.99. The fourth-order valence-corrected chi connectivity index (χ4v) is 2.49. The maximum absolute atomic E-state index is 11.6. The van der Waals surface area contributed by atoms with E-state index in [1.54, 1.807) is 12.1 Å². The van der Waals surface area contributed by atoms with E-state index in [1.807, 2.05) is 13.8 Å². The van der Waals surface area contributed by atoms with Crippen molar-refractivity contribution < 1.29 is 4.79 Å². The van der Waals surface area contributed by atoms with E-state index in [2.05, 4.69) is 5.32 Å². The SMILES string of the molecule is CC(Cl)CC(C)NC(=O)c1ccc(Cl)s1. The quantitative estimate of drug-likeness (QED) is 0.830. The van der Waals surface area contributed by atoms with E-state index in [9.17, 15) is 4.79 Å². The van der Waals surface area contributed by atoms with Gasteiger partial charge in [0.1, 0.15) is 0 Å². The van der Waals surface area contributed by atoms with Gasteiger partial charge in [0.05, 0.1) is 9.21 Å². The third kappa shape index (κ3) is 4.41. The fraction of sp³-hybridized carbons (Fsp3) is 0.500. The third-order valence-corrected chi connectivity index (χ3v) is 3.26. The Kier molecular flexibility index (Phi) is 4.90. The molecular weight excluding hydrogens is 253 g/mol. The van der Waals surface area contributed by atoms with Crippen molar-refractivity contribution in [2.24, 2.45) is 0 Å². The second-order valence-electron chi connectivity index (χ2n) is 3.49. The van der Waals surface area contributed by atoms with E-state index in [0.717, 1.165) is 6.42 Å². The number of rotatable bonds is 4. The van der Waals surface area contributed by atoms with Crippen LogP contribution in [0.1, 0.15) is 29.9 Å². The zero-order valence-corrected chi connectivity index (χ0v) is 10.9. The largest absolute Gasteiger partial charge is 0.349 e. The lowest BCUT2D eigenvalue weighted by molar-refractivity contribution is 0.0942. The Labute approximate surface area is 104 Å². The second kappa shape index (κ2) is 5.73. The summed E-state index contributed by atoms with van der Waals surface area (Å²) in [5.74, 6) is -0.0864. The lowest BCUT2D eigenvalue weighted by Crippen LogP contribution is -2.33. The number of amides is 1. The van der Waals surface area contributed by atoms with Crippen LogP contribution in [0.5, 0.6) is 0 Å². The summed E-state index contributed by atoms with van der Waals surface area (Å²) in [5.41, 5.74) is 0. The molecule has 0 aliphatic rings. The summed E-state index contributed by atoms with van der Waals surface area (Å²) in [6, 6.07) is 3.51. The van der Waals surface area contributed by atoms with Crippen LogP contribution in [0.2, 0.25) is 4.34 Å². The molecule has 0 saturated heterocycles. The molecule has 0 aliphatic carbocycles. The summed E-state index contributed by atoms with van der Waals surface area (Å²) in [6.07, 6.45) is 0.756. The molecule has 0 saturated carbocycles. The molecule has 1 aromatic rings. The van der Waals surface area contributed by atoms with Gasteiger partial charge < -0.3 is 5.32 Å². The maximum atomic E-state index is 11.6. The Hall–Kier alpha value is -0.250. The van der Waals surface area contributed by atoms with E-state index >= 15 is 0 Å². The Balaban J connectivity index is 2.49. The molecule has 2 atom stereocenters. The first-order valence-electron chi connectivity index (χ1n) is 4.69. The first-order valence-corrected chi connectivity index (χ1v) is 6.32. The molecule has 5 heteroatoms. The molecule has 1 heterocycles. The van der Waals surface area contributed by atoms with Gasteiger partial charge in [-0.05, 0) is 32.4 Å². The predicted molar refractivity (Wildman–Crippen MR) is 66.2 cm³/mol. The van der Waals surface area contributed by atoms with Gasteiger partial charge in [-0.2, -0.15) is 0 Å². The lowest BCUT2D eigenvalue weighted by Gasteiger charge is -2.14. The van der Waals surface area contributed by atoms with E-state index in [-0.39, 0.29) is 17.3 Å². The first kappa shape index (κ1) is 12.8. The number of hydrogen-bond acceptors (Lipinski definition) is 2. The van der Waals surface area contributed by atoms with Gasteiger partial charge in [-0.1, -0.05) is 11.6 Å². The van der Waals surface area contributed by atoms with E-state index < -0.39 is 0 Å². The molecule has 84 valence electrons. The molecule has 1 N–H and O–H groups in total. The van der Waals surface area contributed by atoms with Crippen LogP contribution in [0.4, 0.5) is 0 Å². The minimum absolute atomic E-state index is 0.0622. The molecular formula is C10H13Cl2NOS. The van der Waals surface area contributed by atoms with Gasteiger partial charge in [-0.25, -0.2) is 0 Å². The van der Waals surface area contributed by atoms with Gasteiger partial charge in [0.2, 0.25) is 0 Å². The van der Waals surface area contributed by atoms with Crippen LogP contribution in [0.15, 0.2) is 12.1 Å². The summed E-state index contributed by atoms with van der Waals surface area (Å²) >= 11 is 12.9. The van der Waals surface area contributed by atoms with E-state index in [4.69, 9.17) is 23.2 Å². The molecule has 0 fully saturated rings. The van der Waals surface area contributed by atoms with Crippen LogP contribution in [0.25, 0.3) is 0 Å². The van der Waals surface area contributed by atoms with Gasteiger partial charge in [0.25, 0.3) is 5.91 Å². The summed E-state index contributed by atoms with van der Waals surface area (Å²) in [5, 5.41) is 2.93. The molecule has 0 bridgehead atoms. The van der Waals surface area contributed by atoms with Crippen LogP contribution in [-0.2, 0) is 0 Å². The molecule has 0 aromatic carbocycles. The van der Waals surface area contributed by atoms with Crippen LogP contribution >= 0.6 is 34.5 Å². The molecule has 1 amide bonds. The third-order valence-electron chi connectivity index (χ3n) is 1.85. The number of hydrogen-bond donors (Lipinski definition) is 1. The van der Waals surface area contributed by atoms with Crippen LogP contribution in [0.3, 0.4) is 0 Å². The van der Waals surface area contributed by atoms with Crippen molar-refractivity contribution >= 4 is 40.4 Å². The summed E-state index contributed by atoms with van der Waals surface area (Å²) in [6.45, 7) is 3.85. The standard InChI is InChI=1S/C10H13Cl2NOS/c1-6(11)5-7(2)13-10(14)8-3-4-9(12)15-8/h3-4,6-7H,5H2,1-2H3,(H,13,14). The topological polar surface area (TPSA) is 29.1 Å². The van der Waals surface area contributed by atoms with Crippen molar-refractivity contribution in [3.8, 4) is 0 Å². The summed E-state index contributed by atoms with van der Waals surface area (Å²) in [4.78, 5) is 12.3. The molecule has 0 radical (unpaired) electrons. The minimum atomic E-state index is -0.0864. The highest BCUT2D eigenvalue weighted by molar-refractivity contribution is 7.17. The van der Waals surface area contributed by atoms with Crippen LogP contribution < -0.4 is 5.32 Å². The van der Waals surface area contributed by atoms with Crippen molar-refractivity contribution in [3.05, 3.63) is 21.3 Å². The zero-order chi connectivity index (χ0) is 11.4. The van der Waals surface area contributed by atoms with Crippen molar-refractivity contribution in [2.75, 3.05) is 0 Å². The van der Waals surface area contributed by atoms with Crippen LogP contribution in [0, 0.1) is 0 Å². The molecule has 2 nitrogen and oxygen atoms in total. The number of alkyl halides is 1. The molecule has 1 rings (SSSR count). The molecule has 15 heavy (non-hydrogen) atoms. The van der Waals surface area contributed by atoms with E-state index in [1.165, 1.54) is 11.3 Å². The maximum Gasteiger partial charge on any atom is 0.261 e. The predicted octanol–water partition coefficient (Wildman–Crippen LogP) is 3.54. The summed E-state index contributed by atoms with van der Waals surface area (Å²) in [7, 11) is 0. The van der Waals surface area contributed by atoms with E-state index in [0.29, 0.717) is 9.21 Å². The van der Waals surface area contributed by atoms with Gasteiger partial charge in [-0.3, -0.25) is 4.79 Å². The zero-order valence-electron chi connectivity index (χ0n) is 8.59. The number of thiophene rings is 1. The van der Waals surface area contributed by atoms with Gasteiger partial charge in [0.15, 0.2) is 0 Å². The minimum Gasteiger partial charge on any atom is -0.349 e. The Morgan fingerprint density at radius 2 is 2.20 bits per heavy atom. The highest BCUT2D eigenvalue weighted by Gasteiger charge is 2.13. The second-order valence-corrected chi connectivity index (χ2v) is 5.95. The average Bonchev–Trinajstić information content (AvgIpc) is 2.49. The fourth-order valence-electron chi connectivity index (χ4n) is 1.28. The number of nitrogens with one attached hydrogen (secondary N) is 1. The Morgan fingerprint density at radius 3 is 2.67 bits per heavy atom. The number of carbonyl (C=O) groups is 1. The van der Waals surface area contributed by atoms with Crippen molar-refractivity contribution in [3.63, 3.8) is 0 Å². The van der Waals surface area contributed by atoms with Crippen molar-refractivity contribution in [2.45, 2.75) is 31.7 Å². The van der Waals surface area contributed by atoms with Gasteiger partial charge >= 0.3 is 0 Å².